The van der Waals surface area contributed by atoms with Crippen LogP contribution in [0.25, 0.3) is 0 Å². The van der Waals surface area contributed by atoms with Gasteiger partial charge in [0.1, 0.15) is 5.75 Å². The minimum atomic E-state index is 0.266. The van der Waals surface area contributed by atoms with Crippen LogP contribution in [-0.4, -0.2) is 10.9 Å². The molecule has 1 unspecified atom stereocenters. The van der Waals surface area contributed by atoms with Crippen molar-refractivity contribution in [2.24, 2.45) is 0 Å². The smallest absolute Gasteiger partial charge is 0.118 e. The molecule has 2 aromatic carbocycles. The Hall–Kier alpha value is -1.32. The summed E-state index contributed by atoms with van der Waals surface area (Å²) in [5.74, 6) is 1.45. The number of aryl methyl sites for hydroxylation is 2. The van der Waals surface area contributed by atoms with Crippen molar-refractivity contribution in [2.75, 3.05) is 11.1 Å². The first kappa shape index (κ1) is 14.6. The SMILES string of the molecule is Cc1cc(NC2CCSc3ccc(Cl)cc32)c(C)cc1O. The normalized spacial score (nSPS) is 17.4. The van der Waals surface area contributed by atoms with E-state index in [9.17, 15) is 5.11 Å². The van der Waals surface area contributed by atoms with Crippen molar-refractivity contribution in [1.82, 2.24) is 0 Å². The van der Waals surface area contributed by atoms with Crippen LogP contribution in [0.1, 0.15) is 29.2 Å². The van der Waals surface area contributed by atoms with Crippen LogP contribution < -0.4 is 5.32 Å². The Labute approximate surface area is 134 Å². The molecule has 1 aliphatic rings. The summed E-state index contributed by atoms with van der Waals surface area (Å²) in [6, 6.07) is 10.2. The third-order valence-corrected chi connectivity index (χ3v) is 5.24. The quantitative estimate of drug-likeness (QED) is 0.736. The summed E-state index contributed by atoms with van der Waals surface area (Å²) < 4.78 is 0. The van der Waals surface area contributed by atoms with Gasteiger partial charge in [0.05, 0.1) is 6.04 Å². The monoisotopic (exact) mass is 319 g/mol. The lowest BCUT2D eigenvalue weighted by molar-refractivity contribution is 0.470. The number of phenolic OH excluding ortho intramolecular Hbond substituents is 1. The van der Waals surface area contributed by atoms with Crippen molar-refractivity contribution >= 4 is 29.1 Å². The standard InChI is InChI=1S/C17H18ClNOS/c1-10-8-16(20)11(2)7-15(10)19-14-5-6-21-17-4-3-12(18)9-13(14)17/h3-4,7-9,14,19-20H,5-6H2,1-2H3. The van der Waals surface area contributed by atoms with E-state index in [4.69, 9.17) is 11.6 Å². The highest BCUT2D eigenvalue weighted by molar-refractivity contribution is 7.99. The highest BCUT2D eigenvalue weighted by Crippen LogP contribution is 2.40. The second-order valence-corrected chi connectivity index (χ2v) is 7.04. The van der Waals surface area contributed by atoms with E-state index in [1.165, 1.54) is 10.5 Å². The Bertz CT molecular complexity index is 687. The Morgan fingerprint density at radius 3 is 2.81 bits per heavy atom. The number of benzene rings is 2. The van der Waals surface area contributed by atoms with Gasteiger partial charge in [-0.2, -0.15) is 0 Å². The molecule has 0 fully saturated rings. The molecule has 1 aliphatic heterocycles. The van der Waals surface area contributed by atoms with Crippen molar-refractivity contribution in [1.29, 1.82) is 0 Å². The lowest BCUT2D eigenvalue weighted by Crippen LogP contribution is -2.16. The molecule has 1 heterocycles. The van der Waals surface area contributed by atoms with Crippen LogP contribution in [0.5, 0.6) is 5.75 Å². The maximum Gasteiger partial charge on any atom is 0.118 e. The van der Waals surface area contributed by atoms with Crippen molar-refractivity contribution in [2.45, 2.75) is 31.2 Å². The van der Waals surface area contributed by atoms with E-state index >= 15 is 0 Å². The van der Waals surface area contributed by atoms with Gasteiger partial charge in [0.25, 0.3) is 0 Å². The number of anilines is 1. The molecule has 0 bridgehead atoms. The molecule has 0 aliphatic carbocycles. The maximum absolute atomic E-state index is 9.78. The first-order valence-corrected chi connectivity index (χ1v) is 8.40. The van der Waals surface area contributed by atoms with Crippen molar-refractivity contribution < 1.29 is 5.11 Å². The number of phenols is 1. The second kappa shape index (κ2) is 5.82. The van der Waals surface area contributed by atoms with Gasteiger partial charge in [0.15, 0.2) is 0 Å². The maximum atomic E-state index is 9.78. The predicted molar refractivity (Wildman–Crippen MR) is 90.7 cm³/mol. The molecule has 1 atom stereocenters. The Balaban J connectivity index is 1.93. The largest absolute Gasteiger partial charge is 0.508 e. The fraction of sp³-hybridized carbons (Fsp3) is 0.294. The summed E-state index contributed by atoms with van der Waals surface area (Å²) in [5.41, 5.74) is 4.29. The molecule has 21 heavy (non-hydrogen) atoms. The average Bonchev–Trinajstić information content (AvgIpc) is 2.45. The van der Waals surface area contributed by atoms with Crippen molar-refractivity contribution in [3.8, 4) is 5.75 Å². The van der Waals surface area contributed by atoms with Crippen LogP contribution >= 0.6 is 23.4 Å². The number of aromatic hydroxyl groups is 1. The summed E-state index contributed by atoms with van der Waals surface area (Å²) in [7, 11) is 0. The van der Waals surface area contributed by atoms with E-state index < -0.39 is 0 Å². The van der Waals surface area contributed by atoms with Crippen LogP contribution in [0.4, 0.5) is 5.69 Å². The van der Waals surface area contributed by atoms with Crippen LogP contribution in [-0.2, 0) is 0 Å². The fourth-order valence-electron chi connectivity index (χ4n) is 2.66. The molecule has 2 N–H and O–H groups in total. The van der Waals surface area contributed by atoms with E-state index in [0.29, 0.717) is 5.75 Å². The van der Waals surface area contributed by atoms with Gasteiger partial charge in [-0.3, -0.25) is 0 Å². The molecular weight excluding hydrogens is 302 g/mol. The first-order valence-electron chi connectivity index (χ1n) is 7.03. The molecule has 0 aromatic heterocycles. The predicted octanol–water partition coefficient (Wildman–Crippen LogP) is 5.31. The van der Waals surface area contributed by atoms with E-state index in [0.717, 1.165) is 34.0 Å². The molecule has 0 saturated heterocycles. The van der Waals surface area contributed by atoms with Crippen LogP contribution in [0.2, 0.25) is 5.02 Å². The van der Waals surface area contributed by atoms with Crippen LogP contribution in [0, 0.1) is 13.8 Å². The molecule has 0 saturated carbocycles. The third kappa shape index (κ3) is 2.99. The van der Waals surface area contributed by atoms with Gasteiger partial charge < -0.3 is 10.4 Å². The minimum Gasteiger partial charge on any atom is -0.508 e. The Morgan fingerprint density at radius 1 is 1.19 bits per heavy atom. The van der Waals surface area contributed by atoms with Gasteiger partial charge in [-0.05, 0) is 67.3 Å². The third-order valence-electron chi connectivity index (χ3n) is 3.88. The van der Waals surface area contributed by atoms with Crippen molar-refractivity contribution in [3.63, 3.8) is 0 Å². The number of rotatable bonds is 2. The molecule has 110 valence electrons. The van der Waals surface area contributed by atoms with Gasteiger partial charge in [-0.25, -0.2) is 0 Å². The van der Waals surface area contributed by atoms with Gasteiger partial charge >= 0.3 is 0 Å². The Morgan fingerprint density at radius 2 is 2.00 bits per heavy atom. The number of hydrogen-bond donors (Lipinski definition) is 2. The summed E-state index contributed by atoms with van der Waals surface area (Å²) >= 11 is 8.04. The molecule has 4 heteroatoms. The van der Waals surface area contributed by atoms with Crippen molar-refractivity contribution in [3.05, 3.63) is 52.0 Å². The number of fused-ring (bicyclic) bond motifs is 1. The second-order valence-electron chi connectivity index (χ2n) is 5.47. The zero-order valence-electron chi connectivity index (χ0n) is 12.1. The molecule has 0 amide bonds. The van der Waals surface area contributed by atoms with E-state index in [1.54, 1.807) is 0 Å². The minimum absolute atomic E-state index is 0.266. The summed E-state index contributed by atoms with van der Waals surface area (Å²) in [6.07, 6.45) is 1.07. The summed E-state index contributed by atoms with van der Waals surface area (Å²) in [5, 5.41) is 14.2. The lowest BCUT2D eigenvalue weighted by atomic mass is 10.0. The molecule has 0 spiro atoms. The number of nitrogens with one attached hydrogen (secondary N) is 1. The number of thioether (sulfide) groups is 1. The molecular formula is C17H18ClNOS. The first-order chi connectivity index (χ1) is 10.0. The van der Waals surface area contributed by atoms with Gasteiger partial charge in [0, 0.05) is 21.4 Å². The van der Waals surface area contributed by atoms with E-state index in [2.05, 4.69) is 17.4 Å². The Kier molecular flexibility index (Phi) is 4.05. The zero-order chi connectivity index (χ0) is 15.0. The van der Waals surface area contributed by atoms with Gasteiger partial charge in [-0.1, -0.05) is 11.6 Å². The van der Waals surface area contributed by atoms with E-state index in [1.807, 2.05) is 43.8 Å². The lowest BCUT2D eigenvalue weighted by Gasteiger charge is -2.28. The molecule has 0 radical (unpaired) electrons. The molecule has 2 nitrogen and oxygen atoms in total. The number of hydrogen-bond acceptors (Lipinski definition) is 3. The topological polar surface area (TPSA) is 32.3 Å². The summed E-state index contributed by atoms with van der Waals surface area (Å²) in [6.45, 7) is 3.93. The van der Waals surface area contributed by atoms with E-state index in [-0.39, 0.29) is 6.04 Å². The zero-order valence-corrected chi connectivity index (χ0v) is 13.7. The summed E-state index contributed by atoms with van der Waals surface area (Å²) in [4.78, 5) is 1.30. The highest BCUT2D eigenvalue weighted by Gasteiger charge is 2.21. The van der Waals surface area contributed by atoms with Crippen LogP contribution in [0.3, 0.4) is 0 Å². The van der Waals surface area contributed by atoms with Gasteiger partial charge in [-0.15, -0.1) is 11.8 Å². The molecule has 2 aromatic rings. The highest BCUT2D eigenvalue weighted by atomic mass is 35.5. The average molecular weight is 320 g/mol. The van der Waals surface area contributed by atoms with Gasteiger partial charge in [0.2, 0.25) is 0 Å². The van der Waals surface area contributed by atoms with Crippen LogP contribution in [0.15, 0.2) is 35.2 Å². The fourth-order valence-corrected chi connectivity index (χ4v) is 3.95. The molecule has 3 rings (SSSR count). The number of halogens is 1.